The van der Waals surface area contributed by atoms with E-state index in [9.17, 15) is 14.4 Å². The van der Waals surface area contributed by atoms with Gasteiger partial charge < -0.3 is 10.3 Å². The fraction of sp³-hybridized carbons (Fsp3) is 0.150. The van der Waals surface area contributed by atoms with Crippen LogP contribution in [0.5, 0.6) is 0 Å². The van der Waals surface area contributed by atoms with E-state index in [-0.39, 0.29) is 17.3 Å². The third-order valence-electron chi connectivity index (χ3n) is 4.46. The van der Waals surface area contributed by atoms with Crippen LogP contribution < -0.4 is 10.9 Å². The highest BCUT2D eigenvalue weighted by Gasteiger charge is 2.24. The van der Waals surface area contributed by atoms with Gasteiger partial charge in [0.1, 0.15) is 5.82 Å². The molecule has 0 radical (unpaired) electrons. The first-order chi connectivity index (χ1) is 13.8. The number of carbonyl (C=O) groups is 2. The number of fused-ring (bicyclic) bond motifs is 1. The van der Waals surface area contributed by atoms with Gasteiger partial charge in [0.15, 0.2) is 0 Å². The predicted octanol–water partition coefficient (Wildman–Crippen LogP) is 2.18. The topological polar surface area (TPSA) is 126 Å². The first kappa shape index (κ1) is 18.4. The van der Waals surface area contributed by atoms with Crippen LogP contribution in [0.2, 0.25) is 0 Å². The number of benzene rings is 1. The van der Waals surface area contributed by atoms with Crippen molar-refractivity contribution < 1.29 is 9.59 Å². The molecule has 4 aromatic rings. The number of para-hydroxylation sites is 1. The van der Waals surface area contributed by atoms with Gasteiger partial charge in [-0.1, -0.05) is 18.2 Å². The van der Waals surface area contributed by atoms with Crippen LogP contribution in [0.3, 0.4) is 0 Å². The lowest BCUT2D eigenvalue weighted by Gasteiger charge is -2.08. The monoisotopic (exact) mass is 390 g/mol. The highest BCUT2D eigenvalue weighted by atomic mass is 16.2. The third-order valence-corrected chi connectivity index (χ3v) is 4.46. The summed E-state index contributed by atoms with van der Waals surface area (Å²) in [6.07, 6.45) is 0. The molecule has 0 unspecified atom stereocenters. The average molecular weight is 390 g/mol. The van der Waals surface area contributed by atoms with Crippen molar-refractivity contribution in [3.63, 3.8) is 0 Å². The number of nitrogens with one attached hydrogen (secondary N) is 3. The molecule has 9 nitrogen and oxygen atoms in total. The van der Waals surface area contributed by atoms with Crippen molar-refractivity contribution in [1.29, 1.82) is 0 Å². The van der Waals surface area contributed by atoms with E-state index in [1.54, 1.807) is 32.9 Å². The maximum atomic E-state index is 12.9. The second-order valence-corrected chi connectivity index (χ2v) is 6.75. The van der Waals surface area contributed by atoms with Gasteiger partial charge in [-0.3, -0.25) is 19.4 Å². The second kappa shape index (κ2) is 6.86. The molecule has 1 amide bonds. The summed E-state index contributed by atoms with van der Waals surface area (Å²) >= 11 is 0. The Labute approximate surface area is 164 Å². The lowest BCUT2D eigenvalue weighted by molar-refractivity contribution is -0.112. The van der Waals surface area contributed by atoms with E-state index >= 15 is 0 Å². The molecule has 0 aliphatic carbocycles. The first-order valence-electron chi connectivity index (χ1n) is 8.91. The molecule has 0 aliphatic heterocycles. The van der Waals surface area contributed by atoms with Crippen LogP contribution in [0.25, 0.3) is 16.9 Å². The van der Waals surface area contributed by atoms with Crippen molar-refractivity contribution in [2.45, 2.75) is 20.8 Å². The van der Waals surface area contributed by atoms with Crippen LogP contribution in [0.4, 0.5) is 5.82 Å². The van der Waals surface area contributed by atoms with Gasteiger partial charge in [-0.25, -0.2) is 4.98 Å². The molecule has 9 heteroatoms. The summed E-state index contributed by atoms with van der Waals surface area (Å²) in [4.78, 5) is 47.3. The molecule has 0 atom stereocenters. The Hall–Kier alpha value is -4.01. The summed E-state index contributed by atoms with van der Waals surface area (Å²) in [5.74, 6) is -1.11. The number of aromatic nitrogens is 5. The van der Waals surface area contributed by atoms with Gasteiger partial charge in [-0.15, -0.1) is 0 Å². The van der Waals surface area contributed by atoms with Crippen molar-refractivity contribution in [3.8, 4) is 5.95 Å². The lowest BCUT2D eigenvalue weighted by Crippen LogP contribution is -2.25. The number of aromatic amines is 2. The number of carbonyl (C=O) groups excluding carboxylic acids is 2. The summed E-state index contributed by atoms with van der Waals surface area (Å²) in [7, 11) is 0. The zero-order valence-corrected chi connectivity index (χ0v) is 16.0. The summed E-state index contributed by atoms with van der Waals surface area (Å²) in [5.41, 5.74) is 2.45. The fourth-order valence-electron chi connectivity index (χ4n) is 3.27. The molecule has 146 valence electrons. The summed E-state index contributed by atoms with van der Waals surface area (Å²) < 4.78 is 1.29. The Morgan fingerprint density at radius 1 is 1.03 bits per heavy atom. The van der Waals surface area contributed by atoms with Gasteiger partial charge in [0, 0.05) is 34.4 Å². The molecule has 0 aliphatic rings. The molecule has 0 saturated heterocycles. The second-order valence-electron chi connectivity index (χ2n) is 6.75. The maximum absolute atomic E-state index is 12.9. The van der Waals surface area contributed by atoms with E-state index in [1.807, 2.05) is 18.2 Å². The van der Waals surface area contributed by atoms with E-state index in [2.05, 4.69) is 25.4 Å². The quantitative estimate of drug-likeness (QED) is 0.364. The van der Waals surface area contributed by atoms with E-state index < -0.39 is 11.7 Å². The minimum atomic E-state index is -0.811. The number of anilines is 1. The largest absolute Gasteiger partial charge is 0.358 e. The Morgan fingerprint density at radius 2 is 1.79 bits per heavy atom. The number of hydrogen-bond acceptors (Lipinski definition) is 5. The molecule has 3 aromatic heterocycles. The molecule has 1 aromatic carbocycles. The number of amides is 1. The number of Topliss-reactive ketones (excluding diaryl/α,β-unsaturated/α-hetero) is 1. The molecule has 3 heterocycles. The lowest BCUT2D eigenvalue weighted by atomic mass is 10.1. The molecule has 0 fully saturated rings. The van der Waals surface area contributed by atoms with Crippen LogP contribution >= 0.6 is 0 Å². The zero-order valence-electron chi connectivity index (χ0n) is 16.0. The fourth-order valence-corrected chi connectivity index (χ4v) is 3.27. The SMILES string of the molecule is Cc1cc(=O)[nH]c(-n2nc(C)cc2NC(=O)C(=O)c2c(C)[nH]c3ccccc23)n1. The van der Waals surface area contributed by atoms with Gasteiger partial charge >= 0.3 is 0 Å². The van der Waals surface area contributed by atoms with Gasteiger partial charge in [-0.05, 0) is 26.8 Å². The van der Waals surface area contributed by atoms with Crippen LogP contribution in [-0.4, -0.2) is 36.4 Å². The molecule has 4 rings (SSSR count). The highest BCUT2D eigenvalue weighted by molar-refractivity contribution is 6.48. The zero-order chi connectivity index (χ0) is 20.7. The minimum absolute atomic E-state index is 0.147. The van der Waals surface area contributed by atoms with Crippen LogP contribution in [-0.2, 0) is 4.79 Å². The van der Waals surface area contributed by atoms with Crippen LogP contribution in [0.1, 0.15) is 27.4 Å². The number of ketones is 1. The smallest absolute Gasteiger partial charge is 0.298 e. The number of nitrogens with zero attached hydrogens (tertiary/aromatic N) is 3. The van der Waals surface area contributed by atoms with Gasteiger partial charge in [0.05, 0.1) is 11.3 Å². The summed E-state index contributed by atoms with van der Waals surface area (Å²) in [6, 6.07) is 10.2. The Balaban J connectivity index is 1.69. The molecular weight excluding hydrogens is 372 g/mol. The molecule has 0 bridgehead atoms. The Bertz CT molecular complexity index is 1330. The molecule has 0 spiro atoms. The number of hydrogen-bond donors (Lipinski definition) is 3. The maximum Gasteiger partial charge on any atom is 0.298 e. The highest BCUT2D eigenvalue weighted by Crippen LogP contribution is 2.23. The van der Waals surface area contributed by atoms with E-state index in [0.717, 1.165) is 5.52 Å². The van der Waals surface area contributed by atoms with Crippen molar-refractivity contribution in [2.24, 2.45) is 0 Å². The van der Waals surface area contributed by atoms with Gasteiger partial charge in [0.25, 0.3) is 17.2 Å². The molecule has 0 saturated carbocycles. The van der Waals surface area contributed by atoms with Crippen LogP contribution in [0, 0.1) is 20.8 Å². The van der Waals surface area contributed by atoms with E-state index in [0.29, 0.717) is 28.0 Å². The predicted molar refractivity (Wildman–Crippen MR) is 107 cm³/mol. The third kappa shape index (κ3) is 3.33. The van der Waals surface area contributed by atoms with E-state index in [4.69, 9.17) is 0 Å². The van der Waals surface area contributed by atoms with Crippen molar-refractivity contribution in [2.75, 3.05) is 5.32 Å². The standard InChI is InChI=1S/C20H18N6O3/c1-10-9-16(27)24-20(21-10)26-15(8-11(2)25-26)23-19(29)18(28)17-12(3)22-14-7-5-4-6-13(14)17/h4-9,22H,1-3H3,(H,23,29)(H,21,24,27). The van der Waals surface area contributed by atoms with Gasteiger partial charge in [-0.2, -0.15) is 9.78 Å². The number of rotatable bonds is 4. The van der Waals surface area contributed by atoms with Crippen LogP contribution in [0.15, 0.2) is 41.2 Å². The summed E-state index contributed by atoms with van der Waals surface area (Å²) in [6.45, 7) is 5.15. The van der Waals surface area contributed by atoms with Gasteiger partial charge in [0.2, 0.25) is 5.95 Å². The average Bonchev–Trinajstić information content (AvgIpc) is 3.19. The van der Waals surface area contributed by atoms with E-state index in [1.165, 1.54) is 10.7 Å². The van der Waals surface area contributed by atoms with Crippen molar-refractivity contribution >= 4 is 28.4 Å². The molecule has 29 heavy (non-hydrogen) atoms. The first-order valence-corrected chi connectivity index (χ1v) is 8.91. The van der Waals surface area contributed by atoms with Crippen molar-refractivity contribution in [1.82, 2.24) is 24.7 Å². The van der Waals surface area contributed by atoms with Crippen molar-refractivity contribution in [3.05, 3.63) is 69.4 Å². The molecule has 3 N–H and O–H groups in total. The number of aryl methyl sites for hydroxylation is 3. The Morgan fingerprint density at radius 3 is 2.55 bits per heavy atom. The molecular formula is C20H18N6O3. The summed E-state index contributed by atoms with van der Waals surface area (Å²) in [5, 5.41) is 7.52. The minimum Gasteiger partial charge on any atom is -0.358 e. The Kier molecular flexibility index (Phi) is 4.34. The number of H-pyrrole nitrogens is 2. The normalized spacial score (nSPS) is 11.0.